The highest BCUT2D eigenvalue weighted by Crippen LogP contribution is 2.35. The van der Waals surface area contributed by atoms with E-state index < -0.39 is 29.4 Å². The lowest BCUT2D eigenvalue weighted by Crippen LogP contribution is -2.36. The molecule has 0 aliphatic heterocycles. The molecule has 0 bridgehead atoms. The van der Waals surface area contributed by atoms with Crippen LogP contribution in [0.25, 0.3) is 22.5 Å². The summed E-state index contributed by atoms with van der Waals surface area (Å²) in [6.45, 7) is 1.81. The zero-order chi connectivity index (χ0) is 28.3. The summed E-state index contributed by atoms with van der Waals surface area (Å²) in [5.41, 5.74) is 1.02. The van der Waals surface area contributed by atoms with Gasteiger partial charge in [0.15, 0.2) is 11.5 Å². The van der Waals surface area contributed by atoms with Crippen LogP contribution in [0.4, 0.5) is 13.2 Å². The number of H-pyrrole nitrogens is 1. The van der Waals surface area contributed by atoms with E-state index in [1.807, 2.05) is 43.3 Å². The van der Waals surface area contributed by atoms with Gasteiger partial charge in [-0.2, -0.15) is 13.2 Å². The number of alkyl halides is 3. The average Bonchev–Trinajstić information content (AvgIpc) is 3.59. The molecule has 0 saturated heterocycles. The first kappa shape index (κ1) is 27.5. The van der Waals surface area contributed by atoms with Crippen molar-refractivity contribution >= 4 is 5.91 Å². The Bertz CT molecular complexity index is 1510. The van der Waals surface area contributed by atoms with E-state index in [9.17, 15) is 22.8 Å². The van der Waals surface area contributed by atoms with Crippen LogP contribution in [0.5, 0.6) is 0 Å². The summed E-state index contributed by atoms with van der Waals surface area (Å²) in [5.74, 6) is -0.792. The van der Waals surface area contributed by atoms with Gasteiger partial charge in [0.25, 0.3) is 0 Å². The molecule has 210 valence electrons. The van der Waals surface area contributed by atoms with Gasteiger partial charge in [-0.1, -0.05) is 81.1 Å². The number of carbonyl (C=O) groups is 1. The summed E-state index contributed by atoms with van der Waals surface area (Å²) in [4.78, 5) is 26.9. The number of hydrogen-bond donors (Lipinski definition) is 1. The summed E-state index contributed by atoms with van der Waals surface area (Å²) in [6.07, 6.45) is -0.141. The van der Waals surface area contributed by atoms with Gasteiger partial charge >= 0.3 is 11.9 Å². The van der Waals surface area contributed by atoms with Crippen LogP contribution >= 0.6 is 0 Å². The number of rotatable bonds is 8. The van der Waals surface area contributed by atoms with Crippen LogP contribution in [0.1, 0.15) is 73.6 Å². The van der Waals surface area contributed by atoms with Crippen molar-refractivity contribution in [2.45, 2.75) is 71.0 Å². The number of tetrazole rings is 1. The third kappa shape index (κ3) is 5.50. The lowest BCUT2D eigenvalue weighted by molar-refractivity contribution is -0.143. The molecule has 0 spiro atoms. The summed E-state index contributed by atoms with van der Waals surface area (Å²) in [6, 6.07) is 14.8. The number of benzene rings is 2. The van der Waals surface area contributed by atoms with E-state index in [1.165, 1.54) is 0 Å². The normalized spacial score (nSPS) is 14.5. The lowest BCUT2D eigenvalue weighted by atomic mass is 9.88. The molecule has 1 aliphatic carbocycles. The second-order valence-corrected chi connectivity index (χ2v) is 10.3. The number of aromatic nitrogens is 6. The third-order valence-corrected chi connectivity index (χ3v) is 7.59. The van der Waals surface area contributed by atoms with Crippen molar-refractivity contribution in [1.82, 2.24) is 29.8 Å². The zero-order valence-electron chi connectivity index (χ0n) is 22.2. The maximum Gasteiger partial charge on any atom is 0.433 e. The number of nitrogens with zero attached hydrogens (tertiary/aromatic N) is 5. The molecule has 0 amide bonds. The number of aromatic amines is 1. The molecule has 1 saturated carbocycles. The second kappa shape index (κ2) is 11.6. The molecule has 0 unspecified atom stereocenters. The van der Waals surface area contributed by atoms with E-state index in [2.05, 4.69) is 20.6 Å². The van der Waals surface area contributed by atoms with Crippen LogP contribution in [0.2, 0.25) is 0 Å². The molecule has 1 aliphatic rings. The van der Waals surface area contributed by atoms with Crippen molar-refractivity contribution in [2.75, 3.05) is 0 Å². The second-order valence-electron chi connectivity index (χ2n) is 10.3. The predicted octanol–water partition coefficient (Wildman–Crippen LogP) is 6.13. The molecule has 1 fully saturated rings. The fraction of sp³-hybridized carbons (Fsp3) is 0.414. The van der Waals surface area contributed by atoms with E-state index in [4.69, 9.17) is 0 Å². The van der Waals surface area contributed by atoms with Gasteiger partial charge in [0.05, 0.1) is 12.2 Å². The number of halogens is 3. The minimum absolute atomic E-state index is 0.0577. The zero-order valence-corrected chi connectivity index (χ0v) is 22.2. The van der Waals surface area contributed by atoms with Crippen LogP contribution in [0.3, 0.4) is 0 Å². The molecule has 1 N–H and O–H groups in total. The van der Waals surface area contributed by atoms with Crippen molar-refractivity contribution in [3.63, 3.8) is 0 Å². The van der Waals surface area contributed by atoms with E-state index in [0.717, 1.165) is 40.5 Å². The smallest absolute Gasteiger partial charge is 0.291 e. The maximum atomic E-state index is 14.4. The number of nitrogens with one attached hydrogen (secondary N) is 1. The van der Waals surface area contributed by atoms with Gasteiger partial charge in [-0.15, -0.1) is 5.10 Å². The third-order valence-electron chi connectivity index (χ3n) is 7.59. The van der Waals surface area contributed by atoms with E-state index >= 15 is 0 Å². The Morgan fingerprint density at radius 1 is 1.02 bits per heavy atom. The minimum atomic E-state index is -4.83. The molecule has 0 radical (unpaired) electrons. The first-order valence-electron chi connectivity index (χ1n) is 13.7. The van der Waals surface area contributed by atoms with Gasteiger partial charge in [-0.25, -0.2) is 14.5 Å². The lowest BCUT2D eigenvalue weighted by Gasteiger charge is -2.21. The standard InChI is InChI=1S/C29H31F3N6O2/c1-2-3-13-24-25(29(30,31)32)38(27(39)21-9-5-4-6-10-21)28(40)37(24)18-19-14-16-20(17-15-19)22-11-7-8-12-23(22)26-33-35-36-34-26/h7-8,11-12,14-17,21H,2-6,9-10,13,18H2,1H3,(H,33,34,35,36). The van der Waals surface area contributed by atoms with Crippen LogP contribution in [-0.2, 0) is 19.1 Å². The van der Waals surface area contributed by atoms with Crippen molar-refractivity contribution in [2.24, 2.45) is 5.92 Å². The van der Waals surface area contributed by atoms with Crippen molar-refractivity contribution in [3.05, 3.63) is 76.0 Å². The van der Waals surface area contributed by atoms with E-state index in [0.29, 0.717) is 41.6 Å². The number of hydrogen-bond acceptors (Lipinski definition) is 5. The average molecular weight is 553 g/mol. The molecule has 5 rings (SSSR count). The van der Waals surface area contributed by atoms with Crippen LogP contribution < -0.4 is 5.69 Å². The van der Waals surface area contributed by atoms with Crippen LogP contribution in [-0.4, -0.2) is 35.7 Å². The maximum absolute atomic E-state index is 14.4. The SMILES string of the molecule is CCCCc1c(C(F)(F)F)n(C(=O)C2CCCCC2)c(=O)n1Cc1ccc(-c2ccccc2-c2nnn[nH]2)cc1. The molecule has 2 heterocycles. The van der Waals surface area contributed by atoms with Crippen molar-refractivity contribution < 1.29 is 18.0 Å². The van der Waals surface area contributed by atoms with E-state index in [-0.39, 0.29) is 18.7 Å². The molecule has 4 aromatic rings. The molecule has 11 heteroatoms. The van der Waals surface area contributed by atoms with Gasteiger partial charge in [0, 0.05) is 11.5 Å². The van der Waals surface area contributed by atoms with Gasteiger partial charge in [-0.05, 0) is 52.8 Å². The summed E-state index contributed by atoms with van der Waals surface area (Å²) < 4.78 is 44.9. The van der Waals surface area contributed by atoms with Crippen LogP contribution in [0, 0.1) is 5.92 Å². The summed E-state index contributed by atoms with van der Waals surface area (Å²) >= 11 is 0. The highest BCUT2D eigenvalue weighted by Gasteiger charge is 2.43. The Morgan fingerprint density at radius 2 is 1.73 bits per heavy atom. The van der Waals surface area contributed by atoms with Gasteiger partial charge in [0.2, 0.25) is 5.91 Å². The van der Waals surface area contributed by atoms with Gasteiger partial charge in [0.1, 0.15) is 0 Å². The summed E-state index contributed by atoms with van der Waals surface area (Å²) in [5, 5.41) is 14.0. The molecular weight excluding hydrogens is 521 g/mol. The number of imidazole rings is 1. The summed E-state index contributed by atoms with van der Waals surface area (Å²) in [7, 11) is 0. The predicted molar refractivity (Wildman–Crippen MR) is 144 cm³/mol. The van der Waals surface area contributed by atoms with Crippen molar-refractivity contribution in [1.29, 1.82) is 0 Å². The highest BCUT2D eigenvalue weighted by atomic mass is 19.4. The largest absolute Gasteiger partial charge is 0.433 e. The minimum Gasteiger partial charge on any atom is -0.291 e. The Balaban J connectivity index is 1.53. The topological polar surface area (TPSA) is 98.5 Å². The Hall–Kier alpha value is -4.02. The monoisotopic (exact) mass is 552 g/mol. The molecule has 40 heavy (non-hydrogen) atoms. The van der Waals surface area contributed by atoms with Crippen LogP contribution in [0.15, 0.2) is 53.3 Å². The molecule has 0 atom stereocenters. The highest BCUT2D eigenvalue weighted by molar-refractivity contribution is 5.82. The molecule has 2 aromatic carbocycles. The molecule has 2 aromatic heterocycles. The molecule has 8 nitrogen and oxygen atoms in total. The first-order chi connectivity index (χ1) is 19.3. The Morgan fingerprint density at radius 3 is 2.35 bits per heavy atom. The van der Waals surface area contributed by atoms with E-state index in [1.54, 1.807) is 12.1 Å². The first-order valence-corrected chi connectivity index (χ1v) is 13.7. The van der Waals surface area contributed by atoms with Gasteiger partial charge in [-0.3, -0.25) is 9.36 Å². The van der Waals surface area contributed by atoms with Crippen molar-refractivity contribution in [3.8, 4) is 22.5 Å². The van der Waals surface area contributed by atoms with Gasteiger partial charge < -0.3 is 0 Å². The Labute approximate surface area is 229 Å². The number of carbonyl (C=O) groups excluding carboxylic acids is 1. The molecular formula is C29H31F3N6O2. The fourth-order valence-corrected chi connectivity index (χ4v) is 5.56. The Kier molecular flexibility index (Phi) is 7.99. The number of unbranched alkanes of at least 4 members (excludes halogenated alkanes) is 1. The fourth-order valence-electron chi connectivity index (χ4n) is 5.56. The quantitative estimate of drug-likeness (QED) is 0.284.